The van der Waals surface area contributed by atoms with Crippen molar-refractivity contribution in [2.75, 3.05) is 6.61 Å². The van der Waals surface area contributed by atoms with Crippen LogP contribution in [0, 0.1) is 5.41 Å². The molecule has 1 aliphatic carbocycles. The minimum Gasteiger partial charge on any atom is -0.492 e. The number of carboxylic acid groups (broad SMARTS) is 1. The molecule has 0 saturated heterocycles. The Hall–Kier alpha value is -2.30. The molecule has 5 heteroatoms. The van der Waals surface area contributed by atoms with Gasteiger partial charge in [0.25, 0.3) is 0 Å². The normalized spacial score (nSPS) is 14.1. The SMILES string of the molecule is CC(C)(COc1ccc2c3c(c(=O)oc2c1)CCC3)C(=O)O. The van der Waals surface area contributed by atoms with Crippen LogP contribution < -0.4 is 10.4 Å². The molecule has 22 heavy (non-hydrogen) atoms. The van der Waals surface area contributed by atoms with E-state index in [1.807, 2.05) is 6.07 Å². The number of ether oxygens (including phenoxy) is 1. The molecule has 1 N–H and O–H groups in total. The van der Waals surface area contributed by atoms with E-state index in [4.69, 9.17) is 14.3 Å². The molecule has 1 heterocycles. The highest BCUT2D eigenvalue weighted by molar-refractivity contribution is 5.83. The third-order valence-corrected chi connectivity index (χ3v) is 4.12. The minimum absolute atomic E-state index is 0.0447. The summed E-state index contributed by atoms with van der Waals surface area (Å²) in [5.41, 5.74) is 1.10. The number of aryl methyl sites for hydroxylation is 1. The molecule has 2 aromatic rings. The van der Waals surface area contributed by atoms with Crippen LogP contribution in [0.2, 0.25) is 0 Å². The summed E-state index contributed by atoms with van der Waals surface area (Å²) in [7, 11) is 0. The molecule has 3 rings (SSSR count). The lowest BCUT2D eigenvalue weighted by Crippen LogP contribution is -2.30. The Kier molecular flexibility index (Phi) is 3.43. The molecule has 0 radical (unpaired) electrons. The Labute approximate surface area is 127 Å². The van der Waals surface area contributed by atoms with Crippen LogP contribution in [0.4, 0.5) is 0 Å². The van der Waals surface area contributed by atoms with Crippen molar-refractivity contribution in [2.45, 2.75) is 33.1 Å². The molecule has 0 unspecified atom stereocenters. The lowest BCUT2D eigenvalue weighted by Gasteiger charge is -2.19. The van der Waals surface area contributed by atoms with Crippen molar-refractivity contribution in [3.63, 3.8) is 0 Å². The van der Waals surface area contributed by atoms with Crippen LogP contribution in [0.1, 0.15) is 31.4 Å². The van der Waals surface area contributed by atoms with Crippen LogP contribution in [-0.4, -0.2) is 17.7 Å². The van der Waals surface area contributed by atoms with Crippen molar-refractivity contribution in [3.05, 3.63) is 39.7 Å². The van der Waals surface area contributed by atoms with Crippen LogP contribution >= 0.6 is 0 Å². The first-order chi connectivity index (χ1) is 10.4. The van der Waals surface area contributed by atoms with E-state index in [0.29, 0.717) is 11.3 Å². The first-order valence-electron chi connectivity index (χ1n) is 7.33. The monoisotopic (exact) mass is 302 g/mol. The van der Waals surface area contributed by atoms with Gasteiger partial charge in [-0.2, -0.15) is 0 Å². The van der Waals surface area contributed by atoms with E-state index in [0.717, 1.165) is 35.8 Å². The summed E-state index contributed by atoms with van der Waals surface area (Å²) in [6, 6.07) is 5.33. The van der Waals surface area contributed by atoms with E-state index in [1.165, 1.54) is 0 Å². The minimum atomic E-state index is -0.978. The Morgan fingerprint density at radius 2 is 2.05 bits per heavy atom. The van der Waals surface area contributed by atoms with Crippen molar-refractivity contribution in [2.24, 2.45) is 5.41 Å². The Morgan fingerprint density at radius 1 is 1.32 bits per heavy atom. The average molecular weight is 302 g/mol. The molecule has 1 aromatic heterocycles. The Balaban J connectivity index is 1.93. The van der Waals surface area contributed by atoms with Crippen molar-refractivity contribution in [1.29, 1.82) is 0 Å². The summed E-state index contributed by atoms with van der Waals surface area (Å²) in [6.45, 7) is 3.25. The number of rotatable bonds is 4. The molecule has 0 aliphatic heterocycles. The van der Waals surface area contributed by atoms with E-state index < -0.39 is 11.4 Å². The smallest absolute Gasteiger partial charge is 0.339 e. The van der Waals surface area contributed by atoms with E-state index in [-0.39, 0.29) is 12.2 Å². The zero-order chi connectivity index (χ0) is 15.9. The van der Waals surface area contributed by atoms with Crippen LogP contribution in [-0.2, 0) is 17.6 Å². The van der Waals surface area contributed by atoms with Crippen molar-refractivity contribution in [3.8, 4) is 5.75 Å². The highest BCUT2D eigenvalue weighted by Crippen LogP contribution is 2.30. The van der Waals surface area contributed by atoms with Gasteiger partial charge >= 0.3 is 11.6 Å². The van der Waals surface area contributed by atoms with Gasteiger partial charge in [-0.1, -0.05) is 0 Å². The predicted octanol–water partition coefficient (Wildman–Crippen LogP) is 2.77. The molecule has 0 bridgehead atoms. The molecule has 5 nitrogen and oxygen atoms in total. The Morgan fingerprint density at radius 3 is 2.77 bits per heavy atom. The number of hydrogen-bond acceptors (Lipinski definition) is 4. The van der Waals surface area contributed by atoms with Crippen molar-refractivity contribution >= 4 is 16.9 Å². The van der Waals surface area contributed by atoms with E-state index in [2.05, 4.69) is 0 Å². The summed E-state index contributed by atoms with van der Waals surface area (Å²) in [5, 5.41) is 10.0. The number of hydrogen-bond donors (Lipinski definition) is 1. The van der Waals surface area contributed by atoms with Gasteiger partial charge < -0.3 is 14.3 Å². The largest absolute Gasteiger partial charge is 0.492 e. The van der Waals surface area contributed by atoms with Crippen molar-refractivity contribution in [1.82, 2.24) is 0 Å². The zero-order valence-electron chi connectivity index (χ0n) is 12.6. The molecule has 0 amide bonds. The molecular weight excluding hydrogens is 284 g/mol. The third-order valence-electron chi connectivity index (χ3n) is 4.12. The third kappa shape index (κ3) is 2.47. The second kappa shape index (κ2) is 5.16. The Bertz CT molecular complexity index is 801. The molecule has 0 fully saturated rings. The van der Waals surface area contributed by atoms with E-state index in [9.17, 15) is 9.59 Å². The molecule has 0 saturated carbocycles. The number of fused-ring (bicyclic) bond motifs is 3. The molecular formula is C17H18O5. The van der Waals surface area contributed by atoms with Gasteiger partial charge in [0, 0.05) is 17.0 Å². The van der Waals surface area contributed by atoms with Gasteiger partial charge in [-0.05, 0) is 50.8 Å². The maximum Gasteiger partial charge on any atom is 0.339 e. The summed E-state index contributed by atoms with van der Waals surface area (Å²) in [5.74, 6) is -0.416. The van der Waals surface area contributed by atoms with Crippen LogP contribution in [0.15, 0.2) is 27.4 Å². The van der Waals surface area contributed by atoms with Crippen LogP contribution in [0.3, 0.4) is 0 Å². The lowest BCUT2D eigenvalue weighted by atomic mass is 9.95. The summed E-state index contributed by atoms with van der Waals surface area (Å²) in [6.07, 6.45) is 2.65. The van der Waals surface area contributed by atoms with Crippen LogP contribution in [0.25, 0.3) is 11.0 Å². The molecule has 1 aliphatic rings. The van der Waals surface area contributed by atoms with Gasteiger partial charge in [0.1, 0.15) is 17.9 Å². The molecule has 0 atom stereocenters. The van der Waals surface area contributed by atoms with Crippen molar-refractivity contribution < 1.29 is 19.1 Å². The molecule has 1 aromatic carbocycles. The predicted molar refractivity (Wildman–Crippen MR) is 81.4 cm³/mol. The topological polar surface area (TPSA) is 76.7 Å². The van der Waals surface area contributed by atoms with E-state index in [1.54, 1.807) is 26.0 Å². The number of aliphatic carboxylic acids is 1. The fraction of sp³-hybridized carbons (Fsp3) is 0.412. The number of carboxylic acids is 1. The fourth-order valence-corrected chi connectivity index (χ4v) is 2.68. The first-order valence-corrected chi connectivity index (χ1v) is 7.33. The number of benzene rings is 1. The maximum absolute atomic E-state index is 12.0. The van der Waals surface area contributed by atoms with Gasteiger partial charge in [0.05, 0.1) is 5.41 Å². The summed E-state index contributed by atoms with van der Waals surface area (Å²) >= 11 is 0. The van der Waals surface area contributed by atoms with Gasteiger partial charge in [-0.15, -0.1) is 0 Å². The highest BCUT2D eigenvalue weighted by atomic mass is 16.5. The average Bonchev–Trinajstić information content (AvgIpc) is 2.95. The summed E-state index contributed by atoms with van der Waals surface area (Å²) < 4.78 is 10.9. The summed E-state index contributed by atoms with van der Waals surface area (Å²) in [4.78, 5) is 23.0. The quantitative estimate of drug-likeness (QED) is 0.879. The second-order valence-corrected chi connectivity index (χ2v) is 6.34. The standard InChI is InChI=1S/C17H18O5/c1-17(2,16(19)20)9-21-10-6-7-12-11-4-3-5-13(11)15(18)22-14(12)8-10/h6-8H,3-5,9H2,1-2H3,(H,19,20). The first kappa shape index (κ1) is 14.6. The molecule has 0 spiro atoms. The van der Waals surface area contributed by atoms with E-state index >= 15 is 0 Å². The fourth-order valence-electron chi connectivity index (χ4n) is 2.68. The second-order valence-electron chi connectivity index (χ2n) is 6.34. The van der Waals surface area contributed by atoms with Crippen LogP contribution in [0.5, 0.6) is 5.75 Å². The van der Waals surface area contributed by atoms with Gasteiger partial charge in [0.2, 0.25) is 0 Å². The molecule has 116 valence electrons. The highest BCUT2D eigenvalue weighted by Gasteiger charge is 2.28. The lowest BCUT2D eigenvalue weighted by molar-refractivity contribution is -0.148. The maximum atomic E-state index is 12.0. The van der Waals surface area contributed by atoms with Gasteiger partial charge in [0.15, 0.2) is 0 Å². The van der Waals surface area contributed by atoms with Gasteiger partial charge in [-0.3, -0.25) is 4.79 Å². The zero-order valence-corrected chi connectivity index (χ0v) is 12.6. The number of carbonyl (C=O) groups is 1. The van der Waals surface area contributed by atoms with Gasteiger partial charge in [-0.25, -0.2) is 4.79 Å².